The van der Waals surface area contributed by atoms with Gasteiger partial charge >= 0.3 is 18.1 Å². The van der Waals surface area contributed by atoms with E-state index in [0.29, 0.717) is 74.6 Å². The summed E-state index contributed by atoms with van der Waals surface area (Å²) < 4.78 is 57.3. The standard InChI is InChI=1S/C36H40F3N7O5/c1-3-50-31(47)11-6-23-4-7-24(8-5-23)25-9-10-28(46-15-12-22(2)44-46)26(18-25)32(36(37,38)39)51-30-19-29(42-34(40)43-30)45-16-13-35(14-17-45)20-27(33(48)49)41-21-35/h4-5,7-10,12,15,18-19,27,32,41H,3,6,11,13-14,16-17,20-21H2,1-2H3,(H,48,49)(H2,40,42,43)/t27?,32-/m1/s1. The molecule has 2 aromatic carbocycles. The number of alkyl halides is 3. The second-order valence-electron chi connectivity index (χ2n) is 13.1. The lowest BCUT2D eigenvalue weighted by atomic mass is 9.76. The average Bonchev–Trinajstić information content (AvgIpc) is 3.72. The SMILES string of the molecule is CCOC(=O)CCc1ccc(-c2ccc(-n3ccc(C)n3)c([C@@H](Oc3cc(N4CCC5(CC4)CNC(C(=O)O)C5)nc(N)n3)C(F)(F)F)c2)cc1. The number of carboxylic acids is 1. The first kappa shape index (κ1) is 35.6. The fraction of sp³-hybridized carbons (Fsp3) is 0.417. The van der Waals surface area contributed by atoms with Gasteiger partial charge in [-0.05, 0) is 79.8 Å². The number of halogens is 3. The van der Waals surface area contributed by atoms with Gasteiger partial charge in [0.1, 0.15) is 11.9 Å². The minimum atomic E-state index is -4.87. The fourth-order valence-electron chi connectivity index (χ4n) is 6.81. The number of nitrogens with two attached hydrogens (primary N) is 1. The van der Waals surface area contributed by atoms with Gasteiger partial charge in [0, 0.05) is 43.9 Å². The van der Waals surface area contributed by atoms with Crippen LogP contribution >= 0.6 is 0 Å². The Kier molecular flexibility index (Phi) is 10.2. The molecule has 2 aromatic heterocycles. The molecule has 2 saturated heterocycles. The molecule has 4 aromatic rings. The van der Waals surface area contributed by atoms with Crippen LogP contribution in [0.4, 0.5) is 24.9 Å². The van der Waals surface area contributed by atoms with Crippen molar-refractivity contribution in [3.8, 4) is 22.7 Å². The zero-order chi connectivity index (χ0) is 36.3. The Morgan fingerprint density at radius 2 is 1.80 bits per heavy atom. The number of piperidine rings is 1. The summed E-state index contributed by atoms with van der Waals surface area (Å²) in [6.07, 6.45) is -3.18. The van der Waals surface area contributed by atoms with E-state index in [9.17, 15) is 14.7 Å². The largest absolute Gasteiger partial charge is 0.480 e. The van der Waals surface area contributed by atoms with Crippen LogP contribution in [0.5, 0.6) is 5.88 Å². The summed E-state index contributed by atoms with van der Waals surface area (Å²) in [5, 5.41) is 16.9. The molecule has 1 spiro atoms. The van der Waals surface area contributed by atoms with Crippen molar-refractivity contribution in [2.45, 2.75) is 64.3 Å². The van der Waals surface area contributed by atoms with Crippen LogP contribution in [0.2, 0.25) is 0 Å². The van der Waals surface area contributed by atoms with E-state index in [1.807, 2.05) is 17.0 Å². The molecule has 0 saturated carbocycles. The molecule has 0 amide bonds. The third-order valence-corrected chi connectivity index (χ3v) is 9.54. The highest BCUT2D eigenvalue weighted by atomic mass is 19.4. The summed E-state index contributed by atoms with van der Waals surface area (Å²) in [6, 6.07) is 14.4. The molecule has 1 unspecified atom stereocenters. The van der Waals surface area contributed by atoms with Crippen LogP contribution in [0.3, 0.4) is 0 Å². The number of benzene rings is 2. The molecule has 0 radical (unpaired) electrons. The Morgan fingerprint density at radius 3 is 2.43 bits per heavy atom. The van der Waals surface area contributed by atoms with Gasteiger partial charge in [0.2, 0.25) is 17.9 Å². The first-order valence-electron chi connectivity index (χ1n) is 16.8. The first-order chi connectivity index (χ1) is 24.3. The molecule has 4 N–H and O–H groups in total. The normalized spacial score (nSPS) is 17.7. The number of rotatable bonds is 11. The molecule has 51 heavy (non-hydrogen) atoms. The number of aryl methyl sites for hydroxylation is 2. The topological polar surface area (TPSA) is 158 Å². The average molecular weight is 708 g/mol. The molecule has 12 nitrogen and oxygen atoms in total. The van der Waals surface area contributed by atoms with Crippen molar-refractivity contribution in [2.75, 3.05) is 36.9 Å². The van der Waals surface area contributed by atoms with Crippen molar-refractivity contribution in [3.63, 3.8) is 0 Å². The van der Waals surface area contributed by atoms with Crippen LogP contribution in [-0.2, 0) is 20.7 Å². The number of nitrogen functional groups attached to an aromatic ring is 1. The third kappa shape index (κ3) is 8.25. The monoisotopic (exact) mass is 707 g/mol. The Bertz CT molecular complexity index is 1870. The second kappa shape index (κ2) is 14.6. The number of nitrogens with one attached hydrogen (secondary N) is 1. The lowest BCUT2D eigenvalue weighted by molar-refractivity contribution is -0.198. The van der Waals surface area contributed by atoms with Crippen molar-refractivity contribution in [3.05, 3.63) is 77.6 Å². The van der Waals surface area contributed by atoms with E-state index in [2.05, 4.69) is 20.4 Å². The number of hydrogen-bond donors (Lipinski definition) is 3. The molecule has 15 heteroatoms. The van der Waals surface area contributed by atoms with Gasteiger partial charge in [0.05, 0.1) is 18.0 Å². The van der Waals surface area contributed by atoms with E-state index in [-0.39, 0.29) is 40.9 Å². The van der Waals surface area contributed by atoms with Gasteiger partial charge < -0.3 is 30.5 Å². The zero-order valence-electron chi connectivity index (χ0n) is 28.3. The number of aliphatic carboxylic acids is 1. The van der Waals surface area contributed by atoms with E-state index < -0.39 is 24.3 Å². The smallest absolute Gasteiger partial charge is 0.429 e. The zero-order valence-corrected chi connectivity index (χ0v) is 28.3. The molecule has 0 aliphatic carbocycles. The van der Waals surface area contributed by atoms with Crippen molar-refractivity contribution < 1.29 is 37.3 Å². The Hall–Kier alpha value is -5.18. The molecule has 2 aliphatic heterocycles. The van der Waals surface area contributed by atoms with Crippen molar-refractivity contribution in [1.29, 1.82) is 0 Å². The highest BCUT2D eigenvalue weighted by molar-refractivity contribution is 5.74. The van der Waals surface area contributed by atoms with Gasteiger partial charge in [-0.2, -0.15) is 28.2 Å². The lowest BCUT2D eigenvalue weighted by Crippen LogP contribution is -2.41. The summed E-state index contributed by atoms with van der Waals surface area (Å²) in [4.78, 5) is 33.5. The van der Waals surface area contributed by atoms with Crippen LogP contribution < -0.4 is 20.7 Å². The number of carboxylic acid groups (broad SMARTS) is 1. The summed E-state index contributed by atoms with van der Waals surface area (Å²) >= 11 is 0. The number of carbonyl (C=O) groups excluding carboxylic acids is 1. The van der Waals surface area contributed by atoms with E-state index in [1.54, 1.807) is 50.4 Å². The lowest BCUT2D eigenvalue weighted by Gasteiger charge is -2.39. The number of ether oxygens (including phenoxy) is 2. The molecule has 4 heterocycles. The van der Waals surface area contributed by atoms with Gasteiger partial charge in [0.25, 0.3) is 0 Å². The number of anilines is 2. The minimum Gasteiger partial charge on any atom is -0.480 e. The molecule has 0 bridgehead atoms. The fourth-order valence-corrected chi connectivity index (χ4v) is 6.81. The summed E-state index contributed by atoms with van der Waals surface area (Å²) in [5.41, 5.74) is 8.53. The third-order valence-electron chi connectivity index (χ3n) is 9.54. The predicted octanol–water partition coefficient (Wildman–Crippen LogP) is 5.43. The van der Waals surface area contributed by atoms with Crippen molar-refractivity contribution in [2.24, 2.45) is 5.41 Å². The number of nitrogens with zero attached hydrogens (tertiary/aromatic N) is 5. The Balaban J connectivity index is 1.28. The van der Waals surface area contributed by atoms with Gasteiger partial charge in [-0.3, -0.25) is 9.59 Å². The maximum absolute atomic E-state index is 15.1. The minimum absolute atomic E-state index is 0.173. The highest BCUT2D eigenvalue weighted by Gasteiger charge is 2.46. The summed E-state index contributed by atoms with van der Waals surface area (Å²) in [6.45, 7) is 5.40. The van der Waals surface area contributed by atoms with E-state index >= 15 is 13.2 Å². The second-order valence-corrected chi connectivity index (χ2v) is 13.1. The van der Waals surface area contributed by atoms with Crippen LogP contribution in [0.15, 0.2) is 60.8 Å². The Morgan fingerprint density at radius 1 is 1.08 bits per heavy atom. The number of hydrogen-bond acceptors (Lipinski definition) is 10. The summed E-state index contributed by atoms with van der Waals surface area (Å²) in [7, 11) is 0. The maximum Gasteiger partial charge on any atom is 0.429 e. The first-order valence-corrected chi connectivity index (χ1v) is 16.8. The molecule has 270 valence electrons. The van der Waals surface area contributed by atoms with Gasteiger partial charge in [0.15, 0.2) is 0 Å². The van der Waals surface area contributed by atoms with Crippen molar-refractivity contribution in [1.82, 2.24) is 25.1 Å². The van der Waals surface area contributed by atoms with Crippen molar-refractivity contribution >= 4 is 23.7 Å². The molecular weight excluding hydrogens is 667 g/mol. The molecule has 6 rings (SSSR count). The molecule has 2 fully saturated rings. The Labute approximate surface area is 292 Å². The summed E-state index contributed by atoms with van der Waals surface area (Å²) in [5.74, 6) is -1.43. The molecule has 2 atom stereocenters. The number of carbonyl (C=O) groups is 2. The van der Waals surface area contributed by atoms with E-state index in [4.69, 9.17) is 15.2 Å². The van der Waals surface area contributed by atoms with E-state index in [0.717, 1.165) is 5.56 Å². The number of esters is 1. The predicted molar refractivity (Wildman–Crippen MR) is 182 cm³/mol. The molecular formula is C36H40F3N7O5. The maximum atomic E-state index is 15.1. The van der Waals surface area contributed by atoms with Gasteiger partial charge in [-0.1, -0.05) is 30.3 Å². The van der Waals surface area contributed by atoms with Gasteiger partial charge in [-0.15, -0.1) is 0 Å². The quantitative estimate of drug-likeness (QED) is 0.171. The van der Waals surface area contributed by atoms with Crippen LogP contribution in [0, 0.1) is 12.3 Å². The van der Waals surface area contributed by atoms with Crippen LogP contribution in [-0.4, -0.2) is 75.3 Å². The van der Waals surface area contributed by atoms with E-state index in [1.165, 1.54) is 16.8 Å². The van der Waals surface area contributed by atoms with Gasteiger partial charge in [-0.25, -0.2) is 4.68 Å². The number of aromatic nitrogens is 4. The van der Waals surface area contributed by atoms with Crippen LogP contribution in [0.1, 0.15) is 55.5 Å². The highest BCUT2D eigenvalue weighted by Crippen LogP contribution is 2.43. The van der Waals surface area contributed by atoms with Crippen LogP contribution in [0.25, 0.3) is 16.8 Å². The molecule has 2 aliphatic rings.